The molecule has 0 spiro atoms. The predicted octanol–water partition coefficient (Wildman–Crippen LogP) is 3.45. The van der Waals surface area contributed by atoms with Gasteiger partial charge in [0.25, 0.3) is 0 Å². The van der Waals surface area contributed by atoms with Crippen LogP contribution in [-0.4, -0.2) is 37.5 Å². The zero-order valence-electron chi connectivity index (χ0n) is 16.6. The average Bonchev–Trinajstić information content (AvgIpc) is 3.15. The molecule has 2 N–H and O–H groups in total. The van der Waals surface area contributed by atoms with Gasteiger partial charge in [-0.2, -0.15) is 4.37 Å². The Kier molecular flexibility index (Phi) is 7.35. The molecule has 160 valence electrons. The van der Waals surface area contributed by atoms with E-state index in [1.807, 2.05) is 6.07 Å². The van der Waals surface area contributed by atoms with Crippen LogP contribution in [0.25, 0.3) is 0 Å². The van der Waals surface area contributed by atoms with Crippen LogP contribution < -0.4 is 14.8 Å². The Labute approximate surface area is 179 Å². The Bertz CT molecular complexity index is 1070. The number of hydrogen-bond donors (Lipinski definition) is 2. The van der Waals surface area contributed by atoms with Gasteiger partial charge in [0, 0.05) is 30.5 Å². The number of sulfonamides is 1. The Morgan fingerprint density at radius 2 is 1.97 bits per heavy atom. The average molecular weight is 451 g/mol. The van der Waals surface area contributed by atoms with Gasteiger partial charge in [-0.3, -0.25) is 0 Å². The molecule has 0 bridgehead atoms. The third-order valence-electron chi connectivity index (χ3n) is 4.30. The molecule has 1 atom stereocenters. The highest BCUT2D eigenvalue weighted by Crippen LogP contribution is 2.17. The molecule has 3 rings (SSSR count). The lowest BCUT2D eigenvalue weighted by Crippen LogP contribution is -2.33. The Hall–Kier alpha value is -2.56. The van der Waals surface area contributed by atoms with Crippen LogP contribution in [0.3, 0.4) is 0 Å². The summed E-state index contributed by atoms with van der Waals surface area (Å²) >= 11 is 1.22. The van der Waals surface area contributed by atoms with E-state index >= 15 is 0 Å². The minimum absolute atomic E-state index is 0.189. The third kappa shape index (κ3) is 6.22. The molecule has 0 aliphatic rings. The first-order valence-electron chi connectivity index (χ1n) is 9.33. The second-order valence-electron chi connectivity index (χ2n) is 6.74. The second-order valence-corrected chi connectivity index (χ2v) is 9.20. The summed E-state index contributed by atoms with van der Waals surface area (Å²) in [6.45, 7) is 2.33. The lowest BCUT2D eigenvalue weighted by atomic mass is 10.1. The summed E-state index contributed by atoms with van der Waals surface area (Å²) in [5.41, 5.74) is 0.806. The van der Waals surface area contributed by atoms with Gasteiger partial charge in [0.1, 0.15) is 17.4 Å². The van der Waals surface area contributed by atoms with Gasteiger partial charge >= 0.3 is 0 Å². The van der Waals surface area contributed by atoms with Gasteiger partial charge in [0.05, 0.1) is 12.0 Å². The zero-order valence-corrected chi connectivity index (χ0v) is 18.3. The number of anilines is 1. The van der Waals surface area contributed by atoms with Gasteiger partial charge in [-0.25, -0.2) is 22.5 Å². The second kappa shape index (κ2) is 9.96. The standard InChI is InChI=1S/C20H23FN4O3S2/c1-14(25-30(26,27)18-8-6-17(28-2)7-9-18)10-11-22-20-23-19(24-29-20)13-15-4-3-5-16(21)12-15/h3-9,12,14,25H,10-11,13H2,1-2H3,(H,22,23,24). The maximum absolute atomic E-state index is 13.3. The topological polar surface area (TPSA) is 93.2 Å². The molecule has 10 heteroatoms. The molecule has 0 saturated carbocycles. The number of ether oxygens (including phenoxy) is 1. The van der Waals surface area contributed by atoms with E-state index < -0.39 is 10.0 Å². The van der Waals surface area contributed by atoms with Crippen LogP contribution in [0.1, 0.15) is 24.7 Å². The van der Waals surface area contributed by atoms with Gasteiger partial charge in [0.15, 0.2) is 0 Å². The number of aromatic nitrogens is 2. The molecular weight excluding hydrogens is 427 g/mol. The number of hydrogen-bond acceptors (Lipinski definition) is 7. The SMILES string of the molecule is COc1ccc(S(=O)(=O)NC(C)CCNc2nc(Cc3cccc(F)c3)ns2)cc1. The van der Waals surface area contributed by atoms with Gasteiger partial charge < -0.3 is 10.1 Å². The fraction of sp³-hybridized carbons (Fsp3) is 0.300. The summed E-state index contributed by atoms with van der Waals surface area (Å²) in [5.74, 6) is 0.925. The van der Waals surface area contributed by atoms with Crippen molar-refractivity contribution in [3.05, 3.63) is 65.7 Å². The van der Waals surface area contributed by atoms with Crippen molar-refractivity contribution in [3.8, 4) is 5.75 Å². The molecule has 1 heterocycles. The number of nitrogens with one attached hydrogen (secondary N) is 2. The lowest BCUT2D eigenvalue weighted by molar-refractivity contribution is 0.414. The highest BCUT2D eigenvalue weighted by atomic mass is 32.2. The Morgan fingerprint density at radius 3 is 2.67 bits per heavy atom. The summed E-state index contributed by atoms with van der Waals surface area (Å²) in [6, 6.07) is 12.3. The molecule has 0 fully saturated rings. The normalized spacial score (nSPS) is 12.5. The first-order valence-corrected chi connectivity index (χ1v) is 11.6. The summed E-state index contributed by atoms with van der Waals surface area (Å²) in [5, 5.41) is 3.80. The number of benzene rings is 2. The van der Waals surface area contributed by atoms with Crippen LogP contribution in [0.4, 0.5) is 9.52 Å². The molecular formula is C20H23FN4O3S2. The monoisotopic (exact) mass is 450 g/mol. The van der Waals surface area contributed by atoms with E-state index in [2.05, 4.69) is 19.4 Å². The maximum Gasteiger partial charge on any atom is 0.240 e. The van der Waals surface area contributed by atoms with E-state index in [1.165, 1.54) is 42.9 Å². The summed E-state index contributed by atoms with van der Waals surface area (Å²) in [4.78, 5) is 4.58. The minimum Gasteiger partial charge on any atom is -0.497 e. The molecule has 0 aliphatic heterocycles. The van der Waals surface area contributed by atoms with Crippen molar-refractivity contribution in [2.45, 2.75) is 30.7 Å². The van der Waals surface area contributed by atoms with Crippen LogP contribution in [0.5, 0.6) is 5.75 Å². The fourth-order valence-electron chi connectivity index (χ4n) is 2.77. The highest BCUT2D eigenvalue weighted by molar-refractivity contribution is 7.89. The van der Waals surface area contributed by atoms with Crippen molar-refractivity contribution in [2.24, 2.45) is 0 Å². The van der Waals surface area contributed by atoms with E-state index in [9.17, 15) is 12.8 Å². The van der Waals surface area contributed by atoms with Crippen molar-refractivity contribution in [1.29, 1.82) is 0 Å². The summed E-state index contributed by atoms with van der Waals surface area (Å²) in [7, 11) is -2.08. The van der Waals surface area contributed by atoms with Crippen LogP contribution in [0.15, 0.2) is 53.4 Å². The predicted molar refractivity (Wildman–Crippen MR) is 115 cm³/mol. The molecule has 0 amide bonds. The van der Waals surface area contributed by atoms with Gasteiger partial charge in [-0.1, -0.05) is 12.1 Å². The van der Waals surface area contributed by atoms with Gasteiger partial charge in [-0.15, -0.1) is 0 Å². The van der Waals surface area contributed by atoms with Crippen molar-refractivity contribution in [1.82, 2.24) is 14.1 Å². The summed E-state index contributed by atoms with van der Waals surface area (Å²) < 4.78 is 50.2. The first-order chi connectivity index (χ1) is 14.4. The fourth-order valence-corrected chi connectivity index (χ4v) is 4.66. The quantitative estimate of drug-likeness (QED) is 0.492. The molecule has 2 aromatic carbocycles. The third-order valence-corrected chi connectivity index (χ3v) is 6.62. The van der Waals surface area contributed by atoms with Crippen molar-refractivity contribution >= 4 is 26.7 Å². The smallest absolute Gasteiger partial charge is 0.240 e. The molecule has 30 heavy (non-hydrogen) atoms. The van der Waals surface area contributed by atoms with E-state index in [1.54, 1.807) is 25.1 Å². The van der Waals surface area contributed by atoms with Gasteiger partial charge in [-0.05, 0) is 55.3 Å². The first kappa shape index (κ1) is 22.1. The van der Waals surface area contributed by atoms with Crippen molar-refractivity contribution in [3.63, 3.8) is 0 Å². The van der Waals surface area contributed by atoms with E-state index in [0.29, 0.717) is 36.1 Å². The zero-order chi connectivity index (χ0) is 21.6. The molecule has 0 radical (unpaired) electrons. The lowest BCUT2D eigenvalue weighted by Gasteiger charge is -2.14. The van der Waals surface area contributed by atoms with E-state index in [4.69, 9.17) is 4.74 Å². The molecule has 1 unspecified atom stereocenters. The molecule has 0 aliphatic carbocycles. The summed E-state index contributed by atoms with van der Waals surface area (Å²) in [6.07, 6.45) is 1.02. The number of nitrogens with zero attached hydrogens (tertiary/aromatic N) is 2. The molecule has 7 nitrogen and oxygen atoms in total. The van der Waals surface area contributed by atoms with E-state index in [-0.39, 0.29) is 16.8 Å². The van der Waals surface area contributed by atoms with Crippen LogP contribution in [-0.2, 0) is 16.4 Å². The van der Waals surface area contributed by atoms with Crippen molar-refractivity contribution in [2.75, 3.05) is 19.0 Å². The maximum atomic E-state index is 13.3. The van der Waals surface area contributed by atoms with E-state index in [0.717, 1.165) is 5.56 Å². The molecule has 0 saturated heterocycles. The molecule has 1 aromatic heterocycles. The van der Waals surface area contributed by atoms with Crippen LogP contribution in [0.2, 0.25) is 0 Å². The van der Waals surface area contributed by atoms with Gasteiger partial charge in [0.2, 0.25) is 15.2 Å². The van der Waals surface area contributed by atoms with Crippen LogP contribution in [0, 0.1) is 5.82 Å². The highest BCUT2D eigenvalue weighted by Gasteiger charge is 2.17. The Balaban J connectivity index is 1.47. The van der Waals surface area contributed by atoms with Crippen LogP contribution >= 0.6 is 11.5 Å². The van der Waals surface area contributed by atoms with Crippen molar-refractivity contribution < 1.29 is 17.5 Å². The number of halogens is 1. The minimum atomic E-state index is -3.60. The largest absolute Gasteiger partial charge is 0.497 e. The number of rotatable bonds is 10. The number of methoxy groups -OCH3 is 1. The Morgan fingerprint density at radius 1 is 1.20 bits per heavy atom. The molecule has 3 aromatic rings.